The Hall–Kier alpha value is -2.76. The van der Waals surface area contributed by atoms with E-state index in [0.717, 1.165) is 42.3 Å². The summed E-state index contributed by atoms with van der Waals surface area (Å²) >= 11 is 0. The molecule has 0 aliphatic carbocycles. The first kappa shape index (κ1) is 24.5. The van der Waals surface area contributed by atoms with Crippen molar-refractivity contribution in [3.8, 4) is 11.5 Å². The third-order valence-electron chi connectivity index (χ3n) is 4.99. The van der Waals surface area contributed by atoms with Gasteiger partial charge in [0.05, 0.1) is 17.4 Å². The van der Waals surface area contributed by atoms with E-state index in [1.165, 1.54) is 6.92 Å². The predicted octanol–water partition coefficient (Wildman–Crippen LogP) is 6.02. The SMILES string of the molecule is CC=C(CC)Oc1c(OC(C)C)c(=O)n(CCCCCC)c2cc(NC(C)=O)ccc12. The number of nitrogens with zero attached hydrogens (tertiary/aromatic N) is 1. The maximum atomic E-state index is 13.5. The monoisotopic (exact) mass is 428 g/mol. The van der Waals surface area contributed by atoms with Gasteiger partial charge in [-0.05, 0) is 51.5 Å². The van der Waals surface area contributed by atoms with Crippen LogP contribution in [0.2, 0.25) is 0 Å². The third-order valence-corrected chi connectivity index (χ3v) is 4.99. The zero-order valence-electron chi connectivity index (χ0n) is 19.7. The average molecular weight is 429 g/mol. The number of rotatable bonds is 11. The Balaban J connectivity index is 2.75. The van der Waals surface area contributed by atoms with Crippen LogP contribution in [0.5, 0.6) is 11.5 Å². The summed E-state index contributed by atoms with van der Waals surface area (Å²) in [6.07, 6.45) is 6.61. The summed E-state index contributed by atoms with van der Waals surface area (Å²) in [6.45, 7) is 11.9. The van der Waals surface area contributed by atoms with Crippen molar-refractivity contribution in [2.75, 3.05) is 5.32 Å². The van der Waals surface area contributed by atoms with E-state index in [1.807, 2.05) is 52.0 Å². The van der Waals surface area contributed by atoms with Crippen LogP contribution < -0.4 is 20.3 Å². The molecule has 0 saturated carbocycles. The minimum atomic E-state index is -0.209. The van der Waals surface area contributed by atoms with Gasteiger partial charge in [-0.15, -0.1) is 0 Å². The van der Waals surface area contributed by atoms with Crippen LogP contribution in [0.4, 0.5) is 5.69 Å². The first-order valence-electron chi connectivity index (χ1n) is 11.3. The fourth-order valence-corrected chi connectivity index (χ4v) is 3.51. The van der Waals surface area contributed by atoms with Gasteiger partial charge in [0.25, 0.3) is 5.56 Å². The van der Waals surface area contributed by atoms with Gasteiger partial charge >= 0.3 is 0 Å². The maximum Gasteiger partial charge on any atom is 0.297 e. The molecule has 1 aromatic carbocycles. The van der Waals surface area contributed by atoms with Crippen LogP contribution in [0, 0.1) is 0 Å². The molecule has 6 heteroatoms. The maximum absolute atomic E-state index is 13.5. The highest BCUT2D eigenvalue weighted by Gasteiger charge is 2.22. The number of ether oxygens (including phenoxy) is 2. The number of carbonyl (C=O) groups is 1. The molecule has 0 bridgehead atoms. The molecule has 0 fully saturated rings. The zero-order valence-corrected chi connectivity index (χ0v) is 19.7. The van der Waals surface area contributed by atoms with Crippen molar-refractivity contribution in [2.24, 2.45) is 0 Å². The Morgan fingerprint density at radius 2 is 1.90 bits per heavy atom. The van der Waals surface area contributed by atoms with E-state index in [9.17, 15) is 9.59 Å². The van der Waals surface area contributed by atoms with Crippen LogP contribution in [0.3, 0.4) is 0 Å². The van der Waals surface area contributed by atoms with Gasteiger partial charge in [-0.25, -0.2) is 0 Å². The minimum absolute atomic E-state index is 0.158. The first-order valence-corrected chi connectivity index (χ1v) is 11.3. The van der Waals surface area contributed by atoms with Gasteiger partial charge in [-0.1, -0.05) is 33.1 Å². The average Bonchev–Trinajstić information content (AvgIpc) is 2.72. The fourth-order valence-electron chi connectivity index (χ4n) is 3.51. The second-order valence-electron chi connectivity index (χ2n) is 7.97. The lowest BCUT2D eigenvalue weighted by atomic mass is 10.1. The molecule has 0 aliphatic rings. The van der Waals surface area contributed by atoms with Crippen molar-refractivity contribution in [1.29, 1.82) is 0 Å². The van der Waals surface area contributed by atoms with E-state index in [4.69, 9.17) is 9.47 Å². The summed E-state index contributed by atoms with van der Waals surface area (Å²) < 4.78 is 13.9. The number of benzene rings is 1. The Morgan fingerprint density at radius 3 is 2.48 bits per heavy atom. The molecular weight excluding hydrogens is 392 g/mol. The van der Waals surface area contributed by atoms with E-state index in [1.54, 1.807) is 4.57 Å². The van der Waals surface area contributed by atoms with Gasteiger partial charge in [0, 0.05) is 31.0 Å². The standard InChI is InChI=1S/C25H36N2O4/c1-7-10-11-12-15-27-22-16-19(26-18(6)28)13-14-21(22)23(31-20(8-2)9-3)24(25(27)29)30-17(4)5/h8,13-14,16-17H,7,9-12,15H2,1-6H3,(H,26,28). The van der Waals surface area contributed by atoms with Crippen LogP contribution in [-0.2, 0) is 11.3 Å². The van der Waals surface area contributed by atoms with E-state index in [2.05, 4.69) is 12.2 Å². The number of hydrogen-bond acceptors (Lipinski definition) is 4. The van der Waals surface area contributed by atoms with Gasteiger partial charge in [0.2, 0.25) is 11.7 Å². The van der Waals surface area contributed by atoms with Gasteiger partial charge < -0.3 is 19.4 Å². The number of aryl methyl sites for hydroxylation is 1. The normalized spacial score (nSPS) is 11.8. The second-order valence-corrected chi connectivity index (χ2v) is 7.97. The third kappa shape index (κ3) is 6.36. The van der Waals surface area contributed by atoms with Gasteiger partial charge in [-0.2, -0.15) is 0 Å². The molecule has 2 aromatic rings. The highest BCUT2D eigenvalue weighted by molar-refractivity contribution is 5.95. The fraction of sp³-hybridized carbons (Fsp3) is 0.520. The van der Waals surface area contributed by atoms with E-state index in [0.29, 0.717) is 24.4 Å². The molecule has 0 aliphatic heterocycles. The van der Waals surface area contributed by atoms with Crippen molar-refractivity contribution >= 4 is 22.5 Å². The molecule has 31 heavy (non-hydrogen) atoms. The van der Waals surface area contributed by atoms with E-state index < -0.39 is 0 Å². The first-order chi connectivity index (χ1) is 14.8. The smallest absolute Gasteiger partial charge is 0.297 e. The Morgan fingerprint density at radius 1 is 1.16 bits per heavy atom. The molecule has 0 saturated heterocycles. The van der Waals surface area contributed by atoms with Crippen molar-refractivity contribution < 1.29 is 14.3 Å². The molecule has 170 valence electrons. The summed E-state index contributed by atoms with van der Waals surface area (Å²) in [5.74, 6) is 1.27. The lowest BCUT2D eigenvalue weighted by Gasteiger charge is -2.21. The van der Waals surface area contributed by atoms with E-state index in [-0.39, 0.29) is 23.3 Å². The highest BCUT2D eigenvalue weighted by Crippen LogP contribution is 2.36. The predicted molar refractivity (Wildman–Crippen MR) is 127 cm³/mol. The van der Waals surface area contributed by atoms with Gasteiger partial charge in [0.1, 0.15) is 0 Å². The quantitative estimate of drug-likeness (QED) is 0.351. The molecule has 0 spiro atoms. The molecule has 1 amide bonds. The van der Waals surface area contributed by atoms with Crippen molar-refractivity contribution in [3.63, 3.8) is 0 Å². The highest BCUT2D eigenvalue weighted by atomic mass is 16.5. The van der Waals surface area contributed by atoms with Gasteiger partial charge in [-0.3, -0.25) is 9.59 Å². The number of amides is 1. The molecule has 0 atom stereocenters. The summed E-state index contributed by atoms with van der Waals surface area (Å²) in [7, 11) is 0. The van der Waals surface area contributed by atoms with Crippen LogP contribution in [0.1, 0.15) is 73.6 Å². The van der Waals surface area contributed by atoms with Crippen LogP contribution >= 0.6 is 0 Å². The largest absolute Gasteiger partial charge is 0.482 e. The second kappa shape index (κ2) is 11.6. The number of anilines is 1. The van der Waals surface area contributed by atoms with E-state index >= 15 is 0 Å². The van der Waals surface area contributed by atoms with Gasteiger partial charge in [0.15, 0.2) is 5.75 Å². The topological polar surface area (TPSA) is 69.6 Å². The number of unbranched alkanes of at least 4 members (excludes halogenated alkanes) is 3. The molecule has 0 unspecified atom stereocenters. The Labute approximate surface area is 185 Å². The molecule has 6 nitrogen and oxygen atoms in total. The van der Waals surface area contributed by atoms with Crippen LogP contribution in [0.25, 0.3) is 10.9 Å². The summed E-state index contributed by atoms with van der Waals surface area (Å²) in [5, 5.41) is 3.60. The Bertz CT molecular complexity index is 989. The molecule has 1 heterocycles. The van der Waals surface area contributed by atoms with Crippen LogP contribution in [-0.4, -0.2) is 16.6 Å². The number of carbonyl (C=O) groups excluding carboxylic acids is 1. The zero-order chi connectivity index (χ0) is 23.0. The Kier molecular flexibility index (Phi) is 9.16. The summed E-state index contributed by atoms with van der Waals surface area (Å²) in [5.41, 5.74) is 1.16. The molecule has 1 N–H and O–H groups in total. The number of pyridine rings is 1. The molecular formula is C25H36N2O4. The number of fused-ring (bicyclic) bond motifs is 1. The number of nitrogens with one attached hydrogen (secondary N) is 1. The molecule has 0 radical (unpaired) electrons. The minimum Gasteiger partial charge on any atom is -0.482 e. The lowest BCUT2D eigenvalue weighted by molar-refractivity contribution is -0.114. The summed E-state index contributed by atoms with van der Waals surface area (Å²) in [6, 6.07) is 5.54. The van der Waals surface area contributed by atoms with Crippen LogP contribution in [0.15, 0.2) is 34.8 Å². The van der Waals surface area contributed by atoms with Crippen molar-refractivity contribution in [2.45, 2.75) is 86.3 Å². The number of aromatic nitrogens is 1. The number of allylic oxidation sites excluding steroid dienone is 2. The molecule has 2 rings (SSSR count). The lowest BCUT2D eigenvalue weighted by Crippen LogP contribution is -2.25. The number of hydrogen-bond donors (Lipinski definition) is 1. The van der Waals surface area contributed by atoms with Crippen molar-refractivity contribution in [3.05, 3.63) is 40.4 Å². The summed E-state index contributed by atoms with van der Waals surface area (Å²) in [4.78, 5) is 25.1. The van der Waals surface area contributed by atoms with Crippen molar-refractivity contribution in [1.82, 2.24) is 4.57 Å². The molecule has 1 aromatic heterocycles.